The molecule has 1 aliphatic rings. The number of anilines is 1. The second kappa shape index (κ2) is 5.58. The molecule has 1 atom stereocenters. The highest BCUT2D eigenvalue weighted by Gasteiger charge is 2.20. The molecule has 1 aliphatic heterocycles. The molecule has 0 radical (unpaired) electrons. The molecule has 2 N–H and O–H groups in total. The van der Waals surface area contributed by atoms with Crippen molar-refractivity contribution in [2.75, 3.05) is 23.8 Å². The van der Waals surface area contributed by atoms with Crippen LogP contribution in [0.2, 0.25) is 0 Å². The number of hydrogen-bond acceptors (Lipinski definition) is 5. The van der Waals surface area contributed by atoms with Gasteiger partial charge in [-0.25, -0.2) is 0 Å². The van der Waals surface area contributed by atoms with E-state index in [1.165, 1.54) is 6.07 Å². The molecule has 0 amide bonds. The fourth-order valence-electron chi connectivity index (χ4n) is 2.06. The predicted molar refractivity (Wildman–Crippen MR) is 74.7 cm³/mol. The van der Waals surface area contributed by atoms with E-state index in [1.807, 2.05) is 11.8 Å². The van der Waals surface area contributed by atoms with Gasteiger partial charge < -0.3 is 5.73 Å². The van der Waals surface area contributed by atoms with E-state index in [9.17, 15) is 10.1 Å². The molecule has 6 heteroatoms. The lowest BCUT2D eigenvalue weighted by Crippen LogP contribution is -2.39. The molecule has 1 aromatic carbocycles. The number of rotatable bonds is 3. The van der Waals surface area contributed by atoms with Crippen molar-refractivity contribution in [1.82, 2.24) is 4.90 Å². The highest BCUT2D eigenvalue weighted by molar-refractivity contribution is 7.99. The third kappa shape index (κ3) is 2.94. The van der Waals surface area contributed by atoms with E-state index in [-0.39, 0.29) is 10.6 Å². The lowest BCUT2D eigenvalue weighted by atomic mass is 10.1. The minimum Gasteiger partial charge on any atom is -0.398 e. The number of nitrogen functional groups attached to an aromatic ring is 1. The van der Waals surface area contributed by atoms with Crippen LogP contribution in [0.1, 0.15) is 12.5 Å². The Hall–Kier alpha value is -1.27. The van der Waals surface area contributed by atoms with Crippen LogP contribution < -0.4 is 5.73 Å². The van der Waals surface area contributed by atoms with E-state index in [0.717, 1.165) is 23.6 Å². The number of thioether (sulfide) groups is 1. The number of hydrogen-bond donors (Lipinski definition) is 1. The molecular weight excluding hydrogens is 250 g/mol. The third-order valence-corrected chi connectivity index (χ3v) is 4.41. The zero-order valence-electron chi connectivity index (χ0n) is 10.3. The molecule has 0 bridgehead atoms. The first-order valence-corrected chi connectivity index (χ1v) is 7.08. The third-order valence-electron chi connectivity index (χ3n) is 3.22. The summed E-state index contributed by atoms with van der Waals surface area (Å²) in [5.74, 6) is 2.22. The SMILES string of the molecule is CC1CSCCN1Cc1cc([N+](=O)[O-])ccc1N. The number of benzene rings is 1. The Balaban J connectivity index is 2.17. The van der Waals surface area contributed by atoms with E-state index >= 15 is 0 Å². The van der Waals surface area contributed by atoms with Crippen LogP contribution in [0, 0.1) is 10.1 Å². The van der Waals surface area contributed by atoms with Crippen LogP contribution in [-0.2, 0) is 6.54 Å². The van der Waals surface area contributed by atoms with E-state index in [4.69, 9.17) is 5.73 Å². The number of non-ortho nitro benzene ring substituents is 1. The Labute approximate surface area is 110 Å². The summed E-state index contributed by atoms with van der Waals surface area (Å²) in [4.78, 5) is 12.7. The zero-order valence-corrected chi connectivity index (χ0v) is 11.2. The molecule has 1 unspecified atom stereocenters. The van der Waals surface area contributed by atoms with Gasteiger partial charge in [0, 0.05) is 48.5 Å². The molecule has 18 heavy (non-hydrogen) atoms. The maximum absolute atomic E-state index is 10.8. The molecule has 1 fully saturated rings. The molecule has 0 aliphatic carbocycles. The Bertz CT molecular complexity index is 453. The van der Waals surface area contributed by atoms with Crippen LogP contribution in [0.5, 0.6) is 0 Å². The van der Waals surface area contributed by atoms with Crippen LogP contribution in [0.15, 0.2) is 18.2 Å². The predicted octanol–water partition coefficient (Wildman–Crippen LogP) is 2.11. The summed E-state index contributed by atoms with van der Waals surface area (Å²) in [6.07, 6.45) is 0. The average molecular weight is 267 g/mol. The highest BCUT2D eigenvalue weighted by Crippen LogP contribution is 2.24. The fourth-order valence-corrected chi connectivity index (χ4v) is 3.14. The van der Waals surface area contributed by atoms with Crippen molar-refractivity contribution in [3.05, 3.63) is 33.9 Å². The standard InChI is InChI=1S/C12H17N3O2S/c1-9-8-18-5-4-14(9)7-10-6-11(15(16)17)2-3-12(10)13/h2-3,6,9H,4-5,7-8,13H2,1H3. The quantitative estimate of drug-likeness (QED) is 0.516. The Morgan fingerprint density at radius 2 is 2.39 bits per heavy atom. The molecule has 0 aromatic heterocycles. The lowest BCUT2D eigenvalue weighted by Gasteiger charge is -2.33. The van der Waals surface area contributed by atoms with Gasteiger partial charge in [-0.1, -0.05) is 0 Å². The number of nitrogens with zero attached hydrogens (tertiary/aromatic N) is 2. The second-order valence-corrected chi connectivity index (χ2v) is 5.68. The van der Waals surface area contributed by atoms with Gasteiger partial charge in [0.05, 0.1) is 4.92 Å². The molecule has 0 spiro atoms. The largest absolute Gasteiger partial charge is 0.398 e. The van der Waals surface area contributed by atoms with Crippen molar-refractivity contribution in [3.63, 3.8) is 0 Å². The van der Waals surface area contributed by atoms with Crippen molar-refractivity contribution in [2.24, 2.45) is 0 Å². The van der Waals surface area contributed by atoms with E-state index in [0.29, 0.717) is 18.3 Å². The van der Waals surface area contributed by atoms with Crippen molar-refractivity contribution < 1.29 is 4.92 Å². The highest BCUT2D eigenvalue weighted by atomic mass is 32.2. The maximum Gasteiger partial charge on any atom is 0.269 e. The van der Waals surface area contributed by atoms with Crippen LogP contribution in [0.25, 0.3) is 0 Å². The summed E-state index contributed by atoms with van der Waals surface area (Å²) < 4.78 is 0. The Morgan fingerprint density at radius 1 is 1.61 bits per heavy atom. The van der Waals surface area contributed by atoms with Crippen molar-refractivity contribution in [1.29, 1.82) is 0 Å². The molecular formula is C12H17N3O2S. The van der Waals surface area contributed by atoms with Gasteiger partial charge in [-0.05, 0) is 18.6 Å². The summed E-state index contributed by atoms with van der Waals surface area (Å²) in [6, 6.07) is 5.15. The number of nitro benzene ring substituents is 1. The minimum atomic E-state index is -0.377. The maximum atomic E-state index is 10.8. The summed E-state index contributed by atoms with van der Waals surface area (Å²) in [7, 11) is 0. The number of nitrogens with two attached hydrogens (primary N) is 1. The van der Waals surface area contributed by atoms with Crippen LogP contribution in [0.3, 0.4) is 0 Å². The van der Waals surface area contributed by atoms with Crippen molar-refractivity contribution in [2.45, 2.75) is 19.5 Å². The van der Waals surface area contributed by atoms with Crippen molar-refractivity contribution >= 4 is 23.1 Å². The van der Waals surface area contributed by atoms with E-state index < -0.39 is 0 Å². The average Bonchev–Trinajstić information content (AvgIpc) is 2.34. The van der Waals surface area contributed by atoms with Gasteiger partial charge in [-0.2, -0.15) is 11.8 Å². The first-order valence-electron chi connectivity index (χ1n) is 5.92. The monoisotopic (exact) mass is 267 g/mol. The van der Waals surface area contributed by atoms with Gasteiger partial charge in [-0.15, -0.1) is 0 Å². The normalized spacial score (nSPS) is 20.8. The minimum absolute atomic E-state index is 0.109. The molecule has 1 saturated heterocycles. The van der Waals surface area contributed by atoms with Gasteiger partial charge >= 0.3 is 0 Å². The summed E-state index contributed by atoms with van der Waals surface area (Å²) in [6.45, 7) is 3.88. The smallest absolute Gasteiger partial charge is 0.269 e. The van der Waals surface area contributed by atoms with Crippen LogP contribution in [0.4, 0.5) is 11.4 Å². The van der Waals surface area contributed by atoms with E-state index in [2.05, 4.69) is 11.8 Å². The van der Waals surface area contributed by atoms with Gasteiger partial charge in [-0.3, -0.25) is 15.0 Å². The molecule has 5 nitrogen and oxygen atoms in total. The number of nitro groups is 1. The van der Waals surface area contributed by atoms with Gasteiger partial charge in [0.2, 0.25) is 0 Å². The molecule has 2 rings (SSSR count). The molecule has 0 saturated carbocycles. The molecule has 1 aromatic rings. The summed E-state index contributed by atoms with van der Waals surface area (Å²) in [5, 5.41) is 10.8. The van der Waals surface area contributed by atoms with Gasteiger partial charge in [0.25, 0.3) is 5.69 Å². The Morgan fingerprint density at radius 3 is 3.06 bits per heavy atom. The van der Waals surface area contributed by atoms with Gasteiger partial charge in [0.1, 0.15) is 0 Å². The summed E-state index contributed by atoms with van der Waals surface area (Å²) >= 11 is 1.95. The van der Waals surface area contributed by atoms with Crippen LogP contribution in [-0.4, -0.2) is 33.9 Å². The van der Waals surface area contributed by atoms with E-state index in [1.54, 1.807) is 12.1 Å². The first-order chi connectivity index (χ1) is 8.58. The zero-order chi connectivity index (χ0) is 13.1. The van der Waals surface area contributed by atoms with Gasteiger partial charge in [0.15, 0.2) is 0 Å². The van der Waals surface area contributed by atoms with Crippen LogP contribution >= 0.6 is 11.8 Å². The molecule has 1 heterocycles. The fraction of sp³-hybridized carbons (Fsp3) is 0.500. The topological polar surface area (TPSA) is 72.4 Å². The molecule has 98 valence electrons. The first kappa shape index (κ1) is 13.2. The summed E-state index contributed by atoms with van der Waals surface area (Å²) in [5.41, 5.74) is 7.49. The Kier molecular flexibility index (Phi) is 4.08. The van der Waals surface area contributed by atoms with Crippen molar-refractivity contribution in [3.8, 4) is 0 Å². The lowest BCUT2D eigenvalue weighted by molar-refractivity contribution is -0.384. The second-order valence-electron chi connectivity index (χ2n) is 4.53.